The van der Waals surface area contributed by atoms with Crippen molar-refractivity contribution in [3.63, 3.8) is 0 Å². The second kappa shape index (κ2) is 6.51. The van der Waals surface area contributed by atoms with Gasteiger partial charge in [0.1, 0.15) is 6.61 Å². The Morgan fingerprint density at radius 1 is 1.24 bits per heavy atom. The maximum Gasteiger partial charge on any atom is 0.104 e. The number of thiophene rings is 1. The minimum Gasteiger partial charge on any atom is -0.384 e. The van der Waals surface area contributed by atoms with E-state index < -0.39 is 0 Å². The normalized spacial score (nSPS) is 9.71. The Balaban J connectivity index is 2.01. The molecule has 0 bridgehead atoms. The van der Waals surface area contributed by atoms with E-state index in [-0.39, 0.29) is 6.61 Å². The standard InChI is InChI=1S/C14H12OS2/c15-8-2-6-12-4-1-5-13(10-12)11-17-14-7-3-9-16-14/h1,3-5,7,9-10,15H,8,11H2. The first-order valence-corrected chi connectivity index (χ1v) is 7.10. The Hall–Kier alpha value is -1.21. The Morgan fingerprint density at radius 2 is 2.18 bits per heavy atom. The van der Waals surface area contributed by atoms with Crippen molar-refractivity contribution in [2.75, 3.05) is 6.61 Å². The van der Waals surface area contributed by atoms with E-state index in [9.17, 15) is 0 Å². The van der Waals surface area contributed by atoms with E-state index in [0.717, 1.165) is 11.3 Å². The lowest BCUT2D eigenvalue weighted by atomic mass is 10.1. The van der Waals surface area contributed by atoms with Gasteiger partial charge in [0.2, 0.25) is 0 Å². The second-order valence-electron chi connectivity index (χ2n) is 3.38. The molecule has 2 rings (SSSR count). The quantitative estimate of drug-likeness (QED) is 0.674. The molecule has 0 unspecified atom stereocenters. The molecule has 0 aliphatic heterocycles. The summed E-state index contributed by atoms with van der Waals surface area (Å²) in [4.78, 5) is 0. The fourth-order valence-electron chi connectivity index (χ4n) is 1.38. The lowest BCUT2D eigenvalue weighted by Crippen LogP contribution is -1.82. The van der Waals surface area contributed by atoms with E-state index in [1.807, 2.05) is 23.9 Å². The fraction of sp³-hybridized carbons (Fsp3) is 0.143. The molecular formula is C14H12OS2. The van der Waals surface area contributed by atoms with Crippen LogP contribution in [0.15, 0.2) is 46.0 Å². The monoisotopic (exact) mass is 260 g/mol. The number of benzene rings is 1. The van der Waals surface area contributed by atoms with Crippen molar-refractivity contribution in [1.82, 2.24) is 0 Å². The third kappa shape index (κ3) is 3.94. The van der Waals surface area contributed by atoms with Crippen molar-refractivity contribution >= 4 is 23.1 Å². The Bertz CT molecular complexity index is 521. The van der Waals surface area contributed by atoms with Gasteiger partial charge in [-0.05, 0) is 29.1 Å². The summed E-state index contributed by atoms with van der Waals surface area (Å²) in [7, 11) is 0. The molecule has 1 nitrogen and oxygen atoms in total. The predicted molar refractivity (Wildman–Crippen MR) is 74.3 cm³/mol. The second-order valence-corrected chi connectivity index (χ2v) is 5.60. The smallest absolute Gasteiger partial charge is 0.104 e. The first kappa shape index (κ1) is 12.3. The molecule has 1 aromatic carbocycles. The van der Waals surface area contributed by atoms with Crippen LogP contribution in [0.25, 0.3) is 0 Å². The van der Waals surface area contributed by atoms with Gasteiger partial charge < -0.3 is 5.11 Å². The SMILES string of the molecule is OCC#Cc1cccc(CSc2cccs2)c1. The molecule has 0 radical (unpaired) electrons. The summed E-state index contributed by atoms with van der Waals surface area (Å²) in [5.41, 5.74) is 2.22. The Kier molecular flexibility index (Phi) is 4.69. The summed E-state index contributed by atoms with van der Waals surface area (Å²) in [6.45, 7) is -0.0891. The molecule has 0 fully saturated rings. The van der Waals surface area contributed by atoms with Crippen molar-refractivity contribution in [2.24, 2.45) is 0 Å². The van der Waals surface area contributed by atoms with Gasteiger partial charge in [-0.1, -0.05) is 30.0 Å². The van der Waals surface area contributed by atoms with Gasteiger partial charge in [0, 0.05) is 11.3 Å². The molecule has 0 aliphatic carbocycles. The summed E-state index contributed by atoms with van der Waals surface area (Å²) >= 11 is 3.60. The highest BCUT2D eigenvalue weighted by molar-refractivity contribution is 8.00. The van der Waals surface area contributed by atoms with Crippen LogP contribution in [0.2, 0.25) is 0 Å². The average Bonchev–Trinajstić information content (AvgIpc) is 2.87. The third-order valence-corrected chi connectivity index (χ3v) is 4.32. The van der Waals surface area contributed by atoms with E-state index >= 15 is 0 Å². The van der Waals surface area contributed by atoms with Crippen LogP contribution < -0.4 is 0 Å². The lowest BCUT2D eigenvalue weighted by Gasteiger charge is -2.00. The van der Waals surface area contributed by atoms with Crippen molar-refractivity contribution in [3.8, 4) is 11.8 Å². The molecule has 2 aromatic rings. The van der Waals surface area contributed by atoms with Crippen molar-refractivity contribution in [3.05, 3.63) is 52.9 Å². The molecule has 3 heteroatoms. The molecule has 0 saturated heterocycles. The van der Waals surface area contributed by atoms with Crippen LogP contribution in [-0.4, -0.2) is 11.7 Å². The molecule has 17 heavy (non-hydrogen) atoms. The molecule has 0 aliphatic rings. The highest BCUT2D eigenvalue weighted by Gasteiger charge is 1.97. The van der Waals surface area contributed by atoms with Crippen molar-refractivity contribution in [2.45, 2.75) is 9.96 Å². The molecule has 1 heterocycles. The van der Waals surface area contributed by atoms with Gasteiger partial charge in [0.15, 0.2) is 0 Å². The summed E-state index contributed by atoms with van der Waals surface area (Å²) in [5, 5.41) is 10.7. The zero-order valence-corrected chi connectivity index (χ0v) is 10.9. The van der Waals surface area contributed by atoms with Crippen LogP contribution in [0.1, 0.15) is 11.1 Å². The third-order valence-electron chi connectivity index (χ3n) is 2.11. The van der Waals surface area contributed by atoms with Crippen LogP contribution in [0.5, 0.6) is 0 Å². The Labute approximate surface area is 110 Å². The zero-order chi connectivity index (χ0) is 11.9. The number of aliphatic hydroxyl groups is 1. The molecular weight excluding hydrogens is 248 g/mol. The van der Waals surface area contributed by atoms with Gasteiger partial charge >= 0.3 is 0 Å². The van der Waals surface area contributed by atoms with E-state index in [4.69, 9.17) is 5.11 Å². The first-order chi connectivity index (χ1) is 8.38. The molecule has 86 valence electrons. The van der Waals surface area contributed by atoms with Gasteiger partial charge in [-0.15, -0.1) is 23.1 Å². The number of hydrogen-bond acceptors (Lipinski definition) is 3. The molecule has 0 atom stereocenters. The van der Waals surface area contributed by atoms with Crippen LogP contribution in [0.4, 0.5) is 0 Å². The molecule has 1 aromatic heterocycles. The molecule has 1 N–H and O–H groups in total. The predicted octanol–water partition coefficient (Wildman–Crippen LogP) is 3.38. The average molecular weight is 260 g/mol. The van der Waals surface area contributed by atoms with E-state index in [1.165, 1.54) is 9.77 Å². The van der Waals surface area contributed by atoms with Crippen LogP contribution in [0, 0.1) is 11.8 Å². The minimum atomic E-state index is -0.0891. The summed E-state index contributed by atoms with van der Waals surface area (Å²) in [6, 6.07) is 12.3. The number of hydrogen-bond donors (Lipinski definition) is 1. The summed E-state index contributed by atoms with van der Waals surface area (Å²) in [5.74, 6) is 6.54. The molecule has 0 saturated carbocycles. The highest BCUT2D eigenvalue weighted by atomic mass is 32.2. The first-order valence-electron chi connectivity index (χ1n) is 5.23. The maximum absolute atomic E-state index is 8.65. The van der Waals surface area contributed by atoms with E-state index in [2.05, 4.69) is 41.5 Å². The molecule has 0 amide bonds. The zero-order valence-electron chi connectivity index (χ0n) is 9.22. The lowest BCUT2D eigenvalue weighted by molar-refractivity contribution is 0.350. The topological polar surface area (TPSA) is 20.2 Å². The van der Waals surface area contributed by atoms with Crippen molar-refractivity contribution in [1.29, 1.82) is 0 Å². The number of aliphatic hydroxyl groups excluding tert-OH is 1. The van der Waals surface area contributed by atoms with Gasteiger partial charge in [-0.25, -0.2) is 0 Å². The van der Waals surface area contributed by atoms with Gasteiger partial charge in [-0.2, -0.15) is 0 Å². The van der Waals surface area contributed by atoms with Crippen LogP contribution in [-0.2, 0) is 5.75 Å². The molecule has 0 spiro atoms. The minimum absolute atomic E-state index is 0.0891. The van der Waals surface area contributed by atoms with Crippen LogP contribution >= 0.6 is 23.1 Å². The fourth-order valence-corrected chi connectivity index (χ4v) is 3.11. The maximum atomic E-state index is 8.65. The van der Waals surface area contributed by atoms with Crippen molar-refractivity contribution < 1.29 is 5.11 Å². The van der Waals surface area contributed by atoms with Gasteiger partial charge in [0.05, 0.1) is 4.21 Å². The largest absolute Gasteiger partial charge is 0.384 e. The van der Waals surface area contributed by atoms with Gasteiger partial charge in [-0.3, -0.25) is 0 Å². The summed E-state index contributed by atoms with van der Waals surface area (Å²) in [6.07, 6.45) is 0. The van der Waals surface area contributed by atoms with Crippen LogP contribution in [0.3, 0.4) is 0 Å². The number of rotatable bonds is 3. The highest BCUT2D eigenvalue weighted by Crippen LogP contribution is 2.26. The van der Waals surface area contributed by atoms with Gasteiger partial charge in [0.25, 0.3) is 0 Å². The number of thioether (sulfide) groups is 1. The van der Waals surface area contributed by atoms with E-state index in [1.54, 1.807) is 11.3 Å². The Morgan fingerprint density at radius 3 is 2.94 bits per heavy atom. The van der Waals surface area contributed by atoms with E-state index in [0.29, 0.717) is 0 Å². The summed E-state index contributed by atoms with van der Waals surface area (Å²) < 4.78 is 1.33.